The van der Waals surface area contributed by atoms with Gasteiger partial charge >= 0.3 is 0 Å². The maximum absolute atomic E-state index is 12.1. The van der Waals surface area contributed by atoms with E-state index in [4.69, 9.17) is 0 Å². The van der Waals surface area contributed by atoms with Gasteiger partial charge in [0.15, 0.2) is 0 Å². The van der Waals surface area contributed by atoms with Crippen molar-refractivity contribution in [2.75, 3.05) is 13.1 Å². The van der Waals surface area contributed by atoms with E-state index >= 15 is 0 Å². The highest BCUT2D eigenvalue weighted by molar-refractivity contribution is 5.98. The summed E-state index contributed by atoms with van der Waals surface area (Å²) in [4.78, 5) is 25.7. The van der Waals surface area contributed by atoms with Gasteiger partial charge in [-0.2, -0.15) is 0 Å². The number of piperidine rings is 2. The average molecular weight is 238 g/mol. The quantitative estimate of drug-likeness (QED) is 0.754. The van der Waals surface area contributed by atoms with Crippen LogP contribution in [0.2, 0.25) is 0 Å². The van der Waals surface area contributed by atoms with Crippen molar-refractivity contribution >= 4 is 11.8 Å². The first-order chi connectivity index (χ1) is 8.22. The number of amides is 2. The fourth-order valence-corrected chi connectivity index (χ4v) is 2.99. The molecule has 17 heavy (non-hydrogen) atoms. The van der Waals surface area contributed by atoms with Crippen LogP contribution in [0, 0.1) is 5.92 Å². The second-order valence-electron chi connectivity index (χ2n) is 5.20. The third kappa shape index (κ3) is 2.86. The summed E-state index contributed by atoms with van der Waals surface area (Å²) in [5, 5.41) is 3.26. The van der Waals surface area contributed by atoms with Crippen LogP contribution in [0.1, 0.15) is 45.4 Å². The van der Waals surface area contributed by atoms with Crippen LogP contribution in [-0.2, 0) is 9.59 Å². The smallest absolute Gasteiger partial charge is 0.229 e. The molecule has 2 rings (SSSR count). The monoisotopic (exact) mass is 238 g/mol. The molecule has 0 spiro atoms. The standard InChI is InChI=1S/C13H22N2O2/c1-2-3-10-8-12(16)15(13(17)9-10)11-4-6-14-7-5-11/h10-11,14H,2-9H2,1H3. The molecule has 1 N–H and O–H groups in total. The highest BCUT2D eigenvalue weighted by Gasteiger charge is 2.36. The lowest BCUT2D eigenvalue weighted by Gasteiger charge is -2.37. The summed E-state index contributed by atoms with van der Waals surface area (Å²) >= 11 is 0. The van der Waals surface area contributed by atoms with Gasteiger partial charge in [0.2, 0.25) is 11.8 Å². The van der Waals surface area contributed by atoms with Gasteiger partial charge in [-0.25, -0.2) is 0 Å². The number of hydrogen-bond donors (Lipinski definition) is 1. The van der Waals surface area contributed by atoms with Crippen molar-refractivity contribution in [1.82, 2.24) is 10.2 Å². The molecule has 2 amide bonds. The Kier molecular flexibility index (Phi) is 4.15. The van der Waals surface area contributed by atoms with Gasteiger partial charge in [-0.15, -0.1) is 0 Å². The topological polar surface area (TPSA) is 49.4 Å². The number of carbonyl (C=O) groups is 2. The van der Waals surface area contributed by atoms with Crippen LogP contribution in [0.3, 0.4) is 0 Å². The lowest BCUT2D eigenvalue weighted by atomic mass is 9.89. The van der Waals surface area contributed by atoms with Crippen molar-refractivity contribution in [3.63, 3.8) is 0 Å². The number of nitrogens with one attached hydrogen (secondary N) is 1. The predicted octanol–water partition coefficient (Wildman–Crippen LogP) is 1.30. The fraction of sp³-hybridized carbons (Fsp3) is 0.846. The Bertz CT molecular complexity index is 280. The molecule has 2 heterocycles. The number of hydrogen-bond acceptors (Lipinski definition) is 3. The van der Waals surface area contributed by atoms with E-state index in [9.17, 15) is 9.59 Å². The van der Waals surface area contributed by atoms with Crippen molar-refractivity contribution in [2.24, 2.45) is 5.92 Å². The number of likely N-dealkylation sites (tertiary alicyclic amines) is 1. The molecule has 96 valence electrons. The summed E-state index contributed by atoms with van der Waals surface area (Å²) in [6.45, 7) is 3.94. The molecule has 0 aromatic heterocycles. The van der Waals surface area contributed by atoms with Gasteiger partial charge in [-0.05, 0) is 38.3 Å². The van der Waals surface area contributed by atoms with Crippen LogP contribution < -0.4 is 5.32 Å². The second kappa shape index (κ2) is 5.63. The van der Waals surface area contributed by atoms with Crippen molar-refractivity contribution in [3.8, 4) is 0 Å². The Morgan fingerprint density at radius 1 is 1.18 bits per heavy atom. The summed E-state index contributed by atoms with van der Waals surface area (Å²) in [6.07, 6.45) is 5.02. The van der Waals surface area contributed by atoms with Crippen LogP contribution in [0.25, 0.3) is 0 Å². The minimum absolute atomic E-state index is 0.0617. The van der Waals surface area contributed by atoms with E-state index in [1.54, 1.807) is 4.90 Å². The van der Waals surface area contributed by atoms with Crippen molar-refractivity contribution in [1.29, 1.82) is 0 Å². The molecule has 4 nitrogen and oxygen atoms in total. The number of nitrogens with zero attached hydrogens (tertiary/aromatic N) is 1. The summed E-state index contributed by atoms with van der Waals surface area (Å²) < 4.78 is 0. The number of rotatable bonds is 3. The number of carbonyl (C=O) groups excluding carboxylic acids is 2. The summed E-state index contributed by atoms with van der Waals surface area (Å²) in [7, 11) is 0. The van der Waals surface area contributed by atoms with Crippen LogP contribution >= 0.6 is 0 Å². The van der Waals surface area contributed by atoms with Crippen molar-refractivity contribution < 1.29 is 9.59 Å². The highest BCUT2D eigenvalue weighted by Crippen LogP contribution is 2.27. The molecular weight excluding hydrogens is 216 g/mol. The largest absolute Gasteiger partial charge is 0.317 e. The molecule has 2 aliphatic rings. The Balaban J connectivity index is 1.98. The molecule has 0 aromatic rings. The zero-order valence-corrected chi connectivity index (χ0v) is 10.6. The summed E-state index contributed by atoms with van der Waals surface area (Å²) in [5.74, 6) is 0.413. The highest BCUT2D eigenvalue weighted by atomic mass is 16.2. The Morgan fingerprint density at radius 3 is 2.29 bits per heavy atom. The molecule has 0 saturated carbocycles. The normalized spacial score (nSPS) is 24.4. The molecule has 2 fully saturated rings. The molecule has 0 aromatic carbocycles. The first kappa shape index (κ1) is 12.6. The summed E-state index contributed by atoms with van der Waals surface area (Å²) in [5.41, 5.74) is 0. The minimum Gasteiger partial charge on any atom is -0.317 e. The average Bonchev–Trinajstić information content (AvgIpc) is 2.30. The van der Waals surface area contributed by atoms with Gasteiger partial charge in [0.05, 0.1) is 0 Å². The second-order valence-corrected chi connectivity index (χ2v) is 5.20. The molecule has 0 radical (unpaired) electrons. The molecule has 0 unspecified atom stereocenters. The van der Waals surface area contributed by atoms with Gasteiger partial charge in [-0.3, -0.25) is 14.5 Å². The first-order valence-corrected chi connectivity index (χ1v) is 6.78. The van der Waals surface area contributed by atoms with E-state index in [2.05, 4.69) is 12.2 Å². The van der Waals surface area contributed by atoms with Crippen molar-refractivity contribution in [3.05, 3.63) is 0 Å². The molecule has 4 heteroatoms. The first-order valence-electron chi connectivity index (χ1n) is 6.78. The third-order valence-corrected chi connectivity index (χ3v) is 3.83. The van der Waals surface area contributed by atoms with Crippen LogP contribution in [0.5, 0.6) is 0 Å². The van der Waals surface area contributed by atoms with E-state index in [1.165, 1.54) is 0 Å². The van der Waals surface area contributed by atoms with E-state index < -0.39 is 0 Å². The Labute approximate surface area is 103 Å². The molecule has 0 bridgehead atoms. The Hall–Kier alpha value is -0.900. The van der Waals surface area contributed by atoms with Crippen molar-refractivity contribution in [2.45, 2.75) is 51.5 Å². The van der Waals surface area contributed by atoms with Gasteiger partial charge in [0, 0.05) is 18.9 Å². The van der Waals surface area contributed by atoms with Gasteiger partial charge in [0.1, 0.15) is 0 Å². The zero-order valence-electron chi connectivity index (χ0n) is 10.6. The van der Waals surface area contributed by atoms with Gasteiger partial charge in [0.25, 0.3) is 0 Å². The molecule has 2 aliphatic heterocycles. The fourth-order valence-electron chi connectivity index (χ4n) is 2.99. The molecule has 0 aliphatic carbocycles. The minimum atomic E-state index is 0.0617. The lowest BCUT2D eigenvalue weighted by Crippen LogP contribution is -2.52. The maximum Gasteiger partial charge on any atom is 0.229 e. The van der Waals surface area contributed by atoms with Gasteiger partial charge in [-0.1, -0.05) is 13.3 Å². The molecule has 0 atom stereocenters. The van der Waals surface area contributed by atoms with E-state index in [0.717, 1.165) is 38.8 Å². The van der Waals surface area contributed by atoms with Crippen LogP contribution in [0.15, 0.2) is 0 Å². The molecule has 2 saturated heterocycles. The lowest BCUT2D eigenvalue weighted by molar-refractivity contribution is -0.153. The predicted molar refractivity (Wildman–Crippen MR) is 65.4 cm³/mol. The SMILES string of the molecule is CCCC1CC(=O)N(C2CCNCC2)C(=O)C1. The third-order valence-electron chi connectivity index (χ3n) is 3.83. The van der Waals surface area contributed by atoms with E-state index in [-0.39, 0.29) is 23.8 Å². The Morgan fingerprint density at radius 2 is 1.76 bits per heavy atom. The van der Waals surface area contributed by atoms with E-state index in [1.807, 2.05) is 0 Å². The van der Waals surface area contributed by atoms with E-state index in [0.29, 0.717) is 12.8 Å². The van der Waals surface area contributed by atoms with Crippen LogP contribution in [-0.4, -0.2) is 35.8 Å². The summed E-state index contributed by atoms with van der Waals surface area (Å²) in [6, 6.07) is 0.152. The van der Waals surface area contributed by atoms with Gasteiger partial charge < -0.3 is 5.32 Å². The molecular formula is C13H22N2O2. The number of imide groups is 1. The van der Waals surface area contributed by atoms with Crippen LogP contribution in [0.4, 0.5) is 0 Å². The maximum atomic E-state index is 12.1. The zero-order chi connectivity index (χ0) is 12.3.